The normalized spacial score (nSPS) is 15.7. The second kappa shape index (κ2) is 15.4. The fourth-order valence-corrected chi connectivity index (χ4v) is 4.27. The largest absolute Gasteiger partial charge is 0.379 e. The first-order chi connectivity index (χ1) is 14.9. The Labute approximate surface area is 207 Å². The van der Waals surface area contributed by atoms with E-state index in [4.69, 9.17) is 9.73 Å². The van der Waals surface area contributed by atoms with E-state index in [9.17, 15) is 0 Å². The van der Waals surface area contributed by atoms with Gasteiger partial charge in [0.25, 0.3) is 0 Å². The quantitative estimate of drug-likeness (QED) is 0.170. The Hall–Kier alpha value is -1.43. The number of anilines is 1. The predicted octanol–water partition coefficient (Wildman–Crippen LogP) is 3.58. The van der Waals surface area contributed by atoms with E-state index >= 15 is 0 Å². The van der Waals surface area contributed by atoms with Crippen molar-refractivity contribution in [3.8, 4) is 0 Å². The summed E-state index contributed by atoms with van der Waals surface area (Å²) in [5, 5.41) is 12.4. The highest BCUT2D eigenvalue weighted by Crippen LogP contribution is 2.26. The van der Waals surface area contributed by atoms with Gasteiger partial charge in [0.2, 0.25) is 0 Å². The Morgan fingerprint density at radius 3 is 2.71 bits per heavy atom. The molecule has 1 unspecified atom stereocenters. The summed E-state index contributed by atoms with van der Waals surface area (Å²) in [6, 6.07) is 10.6. The Kier molecular flexibility index (Phi) is 12.8. The maximum Gasteiger partial charge on any atom is 0.191 e. The first-order valence-electron chi connectivity index (χ1n) is 10.9. The Bertz CT molecular complexity index is 725. The Morgan fingerprint density at radius 2 is 2.00 bits per heavy atom. The van der Waals surface area contributed by atoms with Gasteiger partial charge in [0, 0.05) is 43.8 Å². The van der Waals surface area contributed by atoms with Crippen LogP contribution in [0.1, 0.15) is 30.7 Å². The Balaban J connectivity index is 0.00000341. The maximum absolute atomic E-state index is 5.54. The molecule has 0 spiro atoms. The zero-order chi connectivity index (χ0) is 20.9. The molecule has 3 N–H and O–H groups in total. The third-order valence-electron chi connectivity index (χ3n) is 4.99. The predicted molar refractivity (Wildman–Crippen MR) is 141 cm³/mol. The van der Waals surface area contributed by atoms with Crippen LogP contribution in [-0.2, 0) is 4.74 Å². The van der Waals surface area contributed by atoms with Crippen LogP contribution in [0.15, 0.2) is 46.9 Å². The number of aliphatic imine (C=N–C) groups is 1. The highest BCUT2D eigenvalue weighted by atomic mass is 127. The molecule has 1 fully saturated rings. The van der Waals surface area contributed by atoms with Crippen LogP contribution < -0.4 is 16.0 Å². The van der Waals surface area contributed by atoms with E-state index in [2.05, 4.69) is 50.3 Å². The molecule has 0 saturated carbocycles. The molecular formula is C22H35IN6OS. The second-order valence-electron chi connectivity index (χ2n) is 7.17. The van der Waals surface area contributed by atoms with Crippen molar-refractivity contribution >= 4 is 47.1 Å². The van der Waals surface area contributed by atoms with Crippen LogP contribution in [-0.4, -0.2) is 68.3 Å². The third kappa shape index (κ3) is 9.30. The van der Waals surface area contributed by atoms with Crippen molar-refractivity contribution in [3.05, 3.63) is 46.8 Å². The summed E-state index contributed by atoms with van der Waals surface area (Å²) in [5.41, 5.74) is 0. The second-order valence-corrected chi connectivity index (χ2v) is 8.15. The fourth-order valence-electron chi connectivity index (χ4n) is 3.42. The highest BCUT2D eigenvalue weighted by Gasteiger charge is 2.23. The van der Waals surface area contributed by atoms with Crippen LogP contribution in [0.4, 0.5) is 5.82 Å². The molecule has 1 saturated heterocycles. The number of hydrogen-bond acceptors (Lipinski definition) is 6. The molecule has 0 amide bonds. The summed E-state index contributed by atoms with van der Waals surface area (Å²) in [6.45, 7) is 9.06. The number of halogens is 1. The molecule has 9 heteroatoms. The molecule has 2 aromatic rings. The van der Waals surface area contributed by atoms with Crippen LogP contribution in [0.5, 0.6) is 0 Å². The van der Waals surface area contributed by atoms with Gasteiger partial charge in [-0.1, -0.05) is 12.1 Å². The first-order valence-corrected chi connectivity index (χ1v) is 11.8. The molecule has 0 aromatic carbocycles. The average molecular weight is 559 g/mol. The highest BCUT2D eigenvalue weighted by molar-refractivity contribution is 14.0. The number of thiophene rings is 1. The number of nitrogens with one attached hydrogen (secondary N) is 3. The van der Waals surface area contributed by atoms with E-state index in [0.29, 0.717) is 6.04 Å². The zero-order valence-electron chi connectivity index (χ0n) is 18.3. The molecule has 3 rings (SSSR count). The molecule has 7 nitrogen and oxygen atoms in total. The molecule has 0 radical (unpaired) electrons. The van der Waals surface area contributed by atoms with E-state index in [1.165, 1.54) is 4.88 Å². The van der Waals surface area contributed by atoms with Gasteiger partial charge in [-0.3, -0.25) is 9.89 Å². The molecule has 1 atom stereocenters. The van der Waals surface area contributed by atoms with Gasteiger partial charge in [0.05, 0.1) is 25.8 Å². The fraction of sp³-hybridized carbons (Fsp3) is 0.545. The molecule has 3 heterocycles. The van der Waals surface area contributed by atoms with Gasteiger partial charge in [0.15, 0.2) is 5.96 Å². The number of rotatable bonds is 11. The van der Waals surface area contributed by atoms with Crippen molar-refractivity contribution < 1.29 is 4.74 Å². The molecule has 172 valence electrons. The lowest BCUT2D eigenvalue weighted by molar-refractivity contribution is 0.0186. The lowest BCUT2D eigenvalue weighted by Gasteiger charge is -2.33. The van der Waals surface area contributed by atoms with Gasteiger partial charge < -0.3 is 20.7 Å². The van der Waals surface area contributed by atoms with Crippen molar-refractivity contribution in [1.29, 1.82) is 0 Å². The first kappa shape index (κ1) is 25.8. The lowest BCUT2D eigenvalue weighted by Crippen LogP contribution is -2.41. The van der Waals surface area contributed by atoms with E-state index in [0.717, 1.165) is 77.1 Å². The van der Waals surface area contributed by atoms with E-state index in [-0.39, 0.29) is 24.0 Å². The van der Waals surface area contributed by atoms with Gasteiger partial charge in [-0.25, -0.2) is 4.98 Å². The molecular weight excluding hydrogens is 523 g/mol. The number of ether oxygens (including phenoxy) is 1. The van der Waals surface area contributed by atoms with Crippen molar-refractivity contribution in [2.24, 2.45) is 4.99 Å². The van der Waals surface area contributed by atoms with Crippen LogP contribution in [0.3, 0.4) is 0 Å². The number of morpholine rings is 1. The molecule has 0 bridgehead atoms. The van der Waals surface area contributed by atoms with Gasteiger partial charge in [-0.05, 0) is 43.3 Å². The standard InChI is InChI=1S/C22H34N6OS.HI/c1-2-23-22(26-12-6-5-11-25-21-9-3-4-10-24-21)27-18-19(20-8-7-17-30-20)28-13-15-29-16-14-28;/h3-4,7-10,17,19H,2,5-6,11-16,18H2,1H3,(H,24,25)(H2,23,26,27);1H. The topological polar surface area (TPSA) is 73.8 Å². The molecule has 1 aliphatic rings. The minimum atomic E-state index is 0. The van der Waals surface area contributed by atoms with E-state index in [1.54, 1.807) is 0 Å². The van der Waals surface area contributed by atoms with Crippen LogP contribution in [0.2, 0.25) is 0 Å². The number of nitrogens with zero attached hydrogens (tertiary/aromatic N) is 3. The summed E-state index contributed by atoms with van der Waals surface area (Å²) < 4.78 is 5.54. The van der Waals surface area contributed by atoms with Crippen molar-refractivity contribution in [1.82, 2.24) is 20.5 Å². The van der Waals surface area contributed by atoms with Gasteiger partial charge in [0.1, 0.15) is 5.82 Å². The minimum absolute atomic E-state index is 0. The number of pyridine rings is 1. The molecule has 2 aromatic heterocycles. The number of guanidine groups is 1. The zero-order valence-corrected chi connectivity index (χ0v) is 21.4. The maximum atomic E-state index is 5.54. The van der Waals surface area contributed by atoms with Gasteiger partial charge in [-0.15, -0.1) is 35.3 Å². The summed E-state index contributed by atoms with van der Waals surface area (Å²) in [4.78, 5) is 13.1. The Morgan fingerprint density at radius 1 is 1.16 bits per heavy atom. The smallest absolute Gasteiger partial charge is 0.191 e. The van der Waals surface area contributed by atoms with Gasteiger partial charge >= 0.3 is 0 Å². The average Bonchev–Trinajstić information content (AvgIpc) is 3.32. The summed E-state index contributed by atoms with van der Waals surface area (Å²) in [6.07, 6.45) is 3.96. The van der Waals surface area contributed by atoms with Gasteiger partial charge in [-0.2, -0.15) is 0 Å². The van der Waals surface area contributed by atoms with E-state index < -0.39 is 0 Å². The van der Waals surface area contributed by atoms with Crippen molar-refractivity contribution in [3.63, 3.8) is 0 Å². The van der Waals surface area contributed by atoms with Crippen molar-refractivity contribution in [2.45, 2.75) is 25.8 Å². The number of unbranched alkanes of at least 4 members (excludes halogenated alkanes) is 1. The monoisotopic (exact) mass is 558 g/mol. The molecule has 31 heavy (non-hydrogen) atoms. The van der Waals surface area contributed by atoms with Crippen LogP contribution in [0.25, 0.3) is 0 Å². The summed E-state index contributed by atoms with van der Waals surface area (Å²) in [7, 11) is 0. The van der Waals surface area contributed by atoms with E-state index in [1.807, 2.05) is 35.7 Å². The third-order valence-corrected chi connectivity index (χ3v) is 5.97. The number of aromatic nitrogens is 1. The molecule has 1 aliphatic heterocycles. The number of hydrogen-bond donors (Lipinski definition) is 3. The van der Waals surface area contributed by atoms with Crippen molar-refractivity contribution in [2.75, 3.05) is 57.8 Å². The molecule has 0 aliphatic carbocycles. The SMILES string of the molecule is CCNC(=NCC(c1cccs1)N1CCOCC1)NCCCCNc1ccccn1.I. The lowest BCUT2D eigenvalue weighted by atomic mass is 10.2. The van der Waals surface area contributed by atoms with Crippen LogP contribution in [0, 0.1) is 0 Å². The van der Waals surface area contributed by atoms with Crippen LogP contribution >= 0.6 is 35.3 Å². The summed E-state index contributed by atoms with van der Waals surface area (Å²) in [5.74, 6) is 1.83. The summed E-state index contributed by atoms with van der Waals surface area (Å²) >= 11 is 1.81. The minimum Gasteiger partial charge on any atom is -0.379 e.